The van der Waals surface area contributed by atoms with E-state index >= 15 is 0 Å². The Hall–Kier alpha value is -3.19. The normalized spacial score (nSPS) is 20.9. The Morgan fingerprint density at radius 2 is 2.05 bits per heavy atom. The molecule has 0 aliphatic carbocycles. The van der Waals surface area contributed by atoms with Crippen LogP contribution in [0, 0.1) is 25.8 Å². The van der Waals surface area contributed by atoms with E-state index in [1.54, 1.807) is 37.3 Å². The van der Waals surface area contributed by atoms with Gasteiger partial charge in [-0.3, -0.25) is 9.36 Å². The first-order valence-corrected chi connectivity index (χ1v) is 14.8. The minimum Gasteiger partial charge on any atom is -0.400 e. The molecule has 1 saturated heterocycles. The molecule has 2 aromatic rings. The lowest BCUT2D eigenvalue weighted by Crippen LogP contribution is -2.41. The molecule has 0 saturated carbocycles. The number of hydrogen-bond acceptors (Lipinski definition) is 9. The van der Waals surface area contributed by atoms with Gasteiger partial charge >= 0.3 is 5.69 Å². The van der Waals surface area contributed by atoms with Crippen LogP contribution in [0.2, 0.25) is 0 Å². The summed E-state index contributed by atoms with van der Waals surface area (Å²) in [5, 5.41) is 6.19. The van der Waals surface area contributed by atoms with Crippen LogP contribution in [0.1, 0.15) is 58.1 Å². The van der Waals surface area contributed by atoms with Gasteiger partial charge in [0, 0.05) is 37.9 Å². The first kappa shape index (κ1) is 32.7. The lowest BCUT2D eigenvalue weighted by molar-refractivity contribution is -0.0593. The Kier molecular flexibility index (Phi) is 13.6. The summed E-state index contributed by atoms with van der Waals surface area (Å²) in [6.45, 7) is 17.0. The highest BCUT2D eigenvalue weighted by Gasteiger charge is 2.48. The molecule has 1 fully saturated rings. The number of nitrogens with one attached hydrogen (secondary N) is 1. The molecule has 0 bridgehead atoms. The predicted molar refractivity (Wildman–Crippen MR) is 165 cm³/mol. The lowest BCUT2D eigenvalue weighted by Gasteiger charge is -2.37. The number of carbonyl (C=O) groups is 1. The molecule has 0 spiro atoms. The molecule has 1 aliphatic rings. The Morgan fingerprint density at radius 3 is 2.63 bits per heavy atom. The second-order valence-corrected chi connectivity index (χ2v) is 11.3. The molecule has 1 amide bonds. The maximum atomic E-state index is 13.3. The van der Waals surface area contributed by atoms with Crippen LogP contribution in [0.3, 0.4) is 0 Å². The number of rotatable bonds is 13. The standard InChI is InChI=1S/C29H38N5O6P.CH4O/c1-9-16-37-25-24(40-41(38-17-15-30-8)34(19(2)3)20(4)5)22(7)39-28(25)33-18-21(6)26(32-29(33)36)31-27(35)23-13-11-10-12-14-23;1-2/h1,10-14,18-20,22,24-25,28H,15-17H2,2-7H3,(H,31,32,35,36);2H,1H3/t22-,24+,25?,28-,41?;/m1./s1/i7D;2T. The Labute approximate surface area is 258 Å². The molecule has 0 radical (unpaired) electrons. The van der Waals surface area contributed by atoms with Crippen molar-refractivity contribution >= 4 is 20.3 Å². The third-order valence-corrected chi connectivity index (χ3v) is 8.31. The Balaban J connectivity index is 0.00000226. The van der Waals surface area contributed by atoms with E-state index in [4.69, 9.17) is 34.3 Å². The second-order valence-electron chi connectivity index (χ2n) is 9.92. The molecule has 12 nitrogen and oxygen atoms in total. The van der Waals surface area contributed by atoms with Gasteiger partial charge in [0.2, 0.25) is 7.98 Å². The van der Waals surface area contributed by atoms with Gasteiger partial charge in [0.1, 0.15) is 31.2 Å². The van der Waals surface area contributed by atoms with Crippen LogP contribution in [0.5, 0.6) is 0 Å². The number of ether oxygens (including phenoxy) is 2. The molecule has 2 N–H and O–H groups in total. The largest absolute Gasteiger partial charge is 0.400 e. The maximum absolute atomic E-state index is 13.3. The van der Waals surface area contributed by atoms with Gasteiger partial charge in [-0.25, -0.2) is 16.0 Å². The fourth-order valence-corrected chi connectivity index (χ4v) is 6.18. The summed E-state index contributed by atoms with van der Waals surface area (Å²) in [5.74, 6) is 2.17. The summed E-state index contributed by atoms with van der Waals surface area (Å²) >= 11 is 0. The van der Waals surface area contributed by atoms with Crippen molar-refractivity contribution in [2.24, 2.45) is 0 Å². The first-order valence-electron chi connectivity index (χ1n) is 14.8. The van der Waals surface area contributed by atoms with Crippen molar-refractivity contribution in [3.8, 4) is 12.3 Å². The van der Waals surface area contributed by atoms with E-state index in [1.165, 1.54) is 17.9 Å². The molecule has 234 valence electrons. The fraction of sp³-hybridized carbons (Fsp3) is 0.533. The third kappa shape index (κ3) is 9.65. The minimum atomic E-state index is -1.69. The van der Waals surface area contributed by atoms with E-state index in [2.05, 4.69) is 30.8 Å². The molecule has 2 unspecified atom stereocenters. The van der Waals surface area contributed by atoms with Gasteiger partial charge in [-0.2, -0.15) is 4.98 Å². The summed E-state index contributed by atoms with van der Waals surface area (Å²) in [4.78, 5) is 33.4. The van der Waals surface area contributed by atoms with Gasteiger partial charge < -0.3 is 33.8 Å². The van der Waals surface area contributed by atoms with E-state index in [1.807, 2.05) is 27.7 Å². The molecule has 5 atom stereocenters. The van der Waals surface area contributed by atoms with Crippen LogP contribution >= 0.6 is 8.53 Å². The van der Waals surface area contributed by atoms with Gasteiger partial charge in [-0.15, -0.1) is 6.42 Å². The van der Waals surface area contributed by atoms with Crippen molar-refractivity contribution in [2.75, 3.05) is 32.2 Å². The Bertz CT molecular complexity index is 1340. The highest BCUT2D eigenvalue weighted by atomic mass is 31.2. The van der Waals surface area contributed by atoms with Gasteiger partial charge in [0.25, 0.3) is 14.4 Å². The number of aliphatic hydroxyl groups is 1. The maximum Gasteiger partial charge on any atom is 0.351 e. The summed E-state index contributed by atoms with van der Waals surface area (Å²) < 4.78 is 42.0. The number of amides is 1. The van der Waals surface area contributed by atoms with Gasteiger partial charge in [-0.1, -0.05) is 24.1 Å². The summed E-state index contributed by atoms with van der Waals surface area (Å²) in [6, 6.07) is 8.70. The number of nitrogens with zero attached hydrogens (tertiary/aromatic N) is 4. The molecular weight excluding hydrogens is 573 g/mol. The molecule has 43 heavy (non-hydrogen) atoms. The van der Waals surface area contributed by atoms with Crippen molar-refractivity contribution < 1.29 is 29.8 Å². The monoisotopic (exact) mass is 618 g/mol. The smallest absolute Gasteiger partial charge is 0.351 e. The topological polar surface area (TPSA) is 129 Å². The molecule has 2 heterocycles. The Morgan fingerprint density at radius 1 is 1.37 bits per heavy atom. The number of benzene rings is 1. The second kappa shape index (κ2) is 17.8. The van der Waals surface area contributed by atoms with Crippen LogP contribution in [-0.4, -0.2) is 83.9 Å². The van der Waals surface area contributed by atoms with Crippen molar-refractivity contribution in [1.82, 2.24) is 14.2 Å². The highest BCUT2D eigenvalue weighted by Crippen LogP contribution is 2.50. The average Bonchev–Trinajstić information content (AvgIpc) is 3.34. The average molecular weight is 619 g/mol. The zero-order valence-electron chi connectivity index (χ0n) is 27.4. The molecular formula is C30H42N5O7P. The van der Waals surface area contributed by atoms with E-state index in [9.17, 15) is 9.59 Å². The summed E-state index contributed by atoms with van der Waals surface area (Å²) in [5.41, 5.74) is 0.254. The number of hydrogen-bond donors (Lipinski definition) is 2. The number of anilines is 1. The van der Waals surface area contributed by atoms with Crippen molar-refractivity contribution in [2.45, 2.75) is 78.1 Å². The number of terminal acetylenes is 1. The third-order valence-electron chi connectivity index (χ3n) is 6.18. The van der Waals surface area contributed by atoms with E-state index in [0.29, 0.717) is 11.1 Å². The number of carbonyl (C=O) groups excluding carboxylic acids is 1. The van der Waals surface area contributed by atoms with Crippen LogP contribution < -0.4 is 11.0 Å². The van der Waals surface area contributed by atoms with Crippen LogP contribution in [0.15, 0.2) is 41.3 Å². The number of aromatic nitrogens is 2. The van der Waals surface area contributed by atoms with Crippen molar-refractivity contribution in [1.29, 1.82) is 1.43 Å². The number of aliphatic hydroxyl groups excluding tert-OH is 1. The molecule has 1 aliphatic heterocycles. The van der Waals surface area contributed by atoms with E-state index < -0.39 is 44.7 Å². The summed E-state index contributed by atoms with van der Waals surface area (Å²) in [6.07, 6.45) is 3.55. The van der Waals surface area contributed by atoms with E-state index in [-0.39, 0.29) is 44.6 Å². The fourth-order valence-electron chi connectivity index (χ4n) is 4.42. The SMILES string of the molecule is [2H]C[C@H]1O[C@@H](n2cc(C)c(NC(=O)c3ccccc3)nc2=O)C(OCC#C)[C@H]1OP(OCC[N+]#[C-])N(C(C)C)C(C)C.[3H]OC. The zero-order valence-corrected chi connectivity index (χ0v) is 26.3. The van der Waals surface area contributed by atoms with E-state index in [0.717, 1.165) is 0 Å². The predicted octanol–water partition coefficient (Wildman–Crippen LogP) is 4.02. The van der Waals surface area contributed by atoms with Crippen LogP contribution in [-0.2, 0) is 18.5 Å². The van der Waals surface area contributed by atoms with Gasteiger partial charge in [-0.05, 0) is 53.7 Å². The van der Waals surface area contributed by atoms with Crippen molar-refractivity contribution in [3.05, 3.63) is 69.6 Å². The quantitative estimate of drug-likeness (QED) is 0.148. The molecule has 1 aromatic heterocycles. The zero-order chi connectivity index (χ0) is 33.5. The van der Waals surface area contributed by atoms with Crippen LogP contribution in [0.25, 0.3) is 4.85 Å². The minimum absolute atomic E-state index is 0.0507. The summed E-state index contributed by atoms with van der Waals surface area (Å²) in [7, 11) is -0.403. The first-order chi connectivity index (χ1) is 21.5. The van der Waals surface area contributed by atoms with Gasteiger partial charge in [0.15, 0.2) is 6.23 Å². The highest BCUT2D eigenvalue weighted by molar-refractivity contribution is 7.44. The molecule has 3 rings (SSSR count). The van der Waals surface area contributed by atoms with Crippen LogP contribution in [0.4, 0.5) is 5.82 Å². The lowest BCUT2D eigenvalue weighted by atomic mass is 10.1. The van der Waals surface area contributed by atoms with Crippen molar-refractivity contribution in [3.63, 3.8) is 0 Å². The number of aryl methyl sites for hydroxylation is 1. The van der Waals surface area contributed by atoms with Gasteiger partial charge in [0.05, 0.1) is 6.10 Å². The molecule has 13 heteroatoms. The molecule has 1 aromatic carbocycles.